The van der Waals surface area contributed by atoms with E-state index in [9.17, 15) is 0 Å². The van der Waals surface area contributed by atoms with Crippen LogP contribution in [-0.4, -0.2) is 16.3 Å². The number of aromatic nitrogens is 2. The molecule has 0 aliphatic heterocycles. The predicted molar refractivity (Wildman–Crippen MR) is 71.5 cm³/mol. The number of hydrogen-bond donors (Lipinski definition) is 1. The van der Waals surface area contributed by atoms with Crippen molar-refractivity contribution in [3.8, 4) is 5.69 Å². The fourth-order valence-electron chi connectivity index (χ4n) is 1.62. The van der Waals surface area contributed by atoms with Crippen molar-refractivity contribution in [2.24, 2.45) is 5.92 Å². The second-order valence-electron chi connectivity index (χ2n) is 4.40. The molecule has 1 N–H and O–H groups in total. The van der Waals surface area contributed by atoms with E-state index in [4.69, 9.17) is 0 Å². The molecule has 1 unspecified atom stereocenters. The Hall–Kier alpha value is -1.77. The van der Waals surface area contributed by atoms with E-state index in [1.807, 2.05) is 16.9 Å². The third-order valence-corrected chi connectivity index (χ3v) is 2.97. The summed E-state index contributed by atoms with van der Waals surface area (Å²) >= 11 is 0. The highest BCUT2D eigenvalue weighted by Crippen LogP contribution is 2.14. The normalized spacial score (nSPS) is 12.4. The zero-order valence-corrected chi connectivity index (χ0v) is 10.4. The molecule has 3 nitrogen and oxygen atoms in total. The second kappa shape index (κ2) is 5.53. The topological polar surface area (TPSA) is 29.9 Å². The van der Waals surface area contributed by atoms with Crippen molar-refractivity contribution < 1.29 is 0 Å². The fraction of sp³-hybridized carbons (Fsp3) is 0.357. The van der Waals surface area contributed by atoms with Crippen LogP contribution in [0.1, 0.15) is 20.3 Å². The molecule has 17 heavy (non-hydrogen) atoms. The van der Waals surface area contributed by atoms with Gasteiger partial charge >= 0.3 is 0 Å². The molecule has 0 saturated carbocycles. The van der Waals surface area contributed by atoms with E-state index in [0.29, 0.717) is 5.92 Å². The lowest BCUT2D eigenvalue weighted by Crippen LogP contribution is -2.10. The van der Waals surface area contributed by atoms with Crippen LogP contribution in [0.15, 0.2) is 42.7 Å². The Bertz CT molecular complexity index is 448. The van der Waals surface area contributed by atoms with Crippen LogP contribution >= 0.6 is 0 Å². The molecule has 0 aliphatic rings. The van der Waals surface area contributed by atoms with E-state index in [1.165, 1.54) is 6.42 Å². The van der Waals surface area contributed by atoms with E-state index in [2.05, 4.69) is 48.5 Å². The Labute approximate surface area is 102 Å². The number of anilines is 1. The van der Waals surface area contributed by atoms with Crippen LogP contribution < -0.4 is 5.32 Å². The summed E-state index contributed by atoms with van der Waals surface area (Å²) in [6.07, 6.45) is 4.94. The number of nitrogens with one attached hydrogen (secondary N) is 1. The highest BCUT2D eigenvalue weighted by atomic mass is 15.3. The van der Waals surface area contributed by atoms with Crippen molar-refractivity contribution in [3.05, 3.63) is 42.7 Å². The quantitative estimate of drug-likeness (QED) is 0.852. The van der Waals surface area contributed by atoms with Crippen LogP contribution in [0.3, 0.4) is 0 Å². The molecule has 0 aliphatic carbocycles. The van der Waals surface area contributed by atoms with Gasteiger partial charge in [-0.2, -0.15) is 5.10 Å². The molecular formula is C14H19N3. The Morgan fingerprint density at radius 1 is 1.35 bits per heavy atom. The fourth-order valence-corrected chi connectivity index (χ4v) is 1.62. The molecule has 2 aromatic rings. The Balaban J connectivity index is 2.07. The average Bonchev–Trinajstić information content (AvgIpc) is 2.90. The summed E-state index contributed by atoms with van der Waals surface area (Å²) in [5.74, 6) is 0.698. The van der Waals surface area contributed by atoms with Crippen LogP contribution in [0, 0.1) is 5.92 Å². The van der Waals surface area contributed by atoms with E-state index < -0.39 is 0 Å². The maximum absolute atomic E-state index is 4.23. The summed E-state index contributed by atoms with van der Waals surface area (Å²) in [4.78, 5) is 0. The highest BCUT2D eigenvalue weighted by molar-refractivity contribution is 5.50. The average molecular weight is 229 g/mol. The summed E-state index contributed by atoms with van der Waals surface area (Å²) in [6, 6.07) is 10.3. The van der Waals surface area contributed by atoms with Gasteiger partial charge in [-0.15, -0.1) is 0 Å². The SMILES string of the molecule is CCC(C)CNc1cccc(-n2cccn2)c1. The molecule has 0 spiro atoms. The summed E-state index contributed by atoms with van der Waals surface area (Å²) in [5.41, 5.74) is 2.24. The van der Waals surface area contributed by atoms with Gasteiger partial charge in [0, 0.05) is 24.6 Å². The van der Waals surface area contributed by atoms with Crippen molar-refractivity contribution >= 4 is 5.69 Å². The molecule has 2 rings (SSSR count). The third kappa shape index (κ3) is 3.09. The van der Waals surface area contributed by atoms with Gasteiger partial charge in [-0.25, -0.2) is 4.68 Å². The standard InChI is InChI=1S/C14H19N3/c1-3-12(2)11-15-13-6-4-7-14(10-13)17-9-5-8-16-17/h4-10,12,15H,3,11H2,1-2H3. The molecule has 0 amide bonds. The van der Waals surface area contributed by atoms with E-state index in [0.717, 1.165) is 17.9 Å². The number of nitrogens with zero attached hydrogens (tertiary/aromatic N) is 2. The van der Waals surface area contributed by atoms with Gasteiger partial charge in [-0.05, 0) is 30.2 Å². The van der Waals surface area contributed by atoms with Crippen molar-refractivity contribution in [2.75, 3.05) is 11.9 Å². The van der Waals surface area contributed by atoms with E-state index in [1.54, 1.807) is 6.20 Å². The van der Waals surface area contributed by atoms with Crippen LogP contribution in [0.25, 0.3) is 5.69 Å². The first-order valence-electron chi connectivity index (χ1n) is 6.13. The minimum Gasteiger partial charge on any atom is -0.385 e. The summed E-state index contributed by atoms with van der Waals surface area (Å²) < 4.78 is 1.87. The minimum atomic E-state index is 0.698. The number of benzene rings is 1. The predicted octanol–water partition coefficient (Wildman–Crippen LogP) is 3.33. The largest absolute Gasteiger partial charge is 0.385 e. The summed E-state index contributed by atoms with van der Waals surface area (Å²) in [6.45, 7) is 5.48. The maximum atomic E-state index is 4.23. The molecule has 3 heteroatoms. The Kier molecular flexibility index (Phi) is 3.81. The second-order valence-corrected chi connectivity index (χ2v) is 4.40. The maximum Gasteiger partial charge on any atom is 0.0666 e. The van der Waals surface area contributed by atoms with Gasteiger partial charge in [-0.1, -0.05) is 26.3 Å². The van der Waals surface area contributed by atoms with Crippen molar-refractivity contribution in [1.82, 2.24) is 9.78 Å². The molecule has 1 atom stereocenters. The van der Waals surface area contributed by atoms with E-state index in [-0.39, 0.29) is 0 Å². The first-order chi connectivity index (χ1) is 8.29. The van der Waals surface area contributed by atoms with Crippen LogP contribution in [0.4, 0.5) is 5.69 Å². The highest BCUT2D eigenvalue weighted by Gasteiger charge is 2.00. The Morgan fingerprint density at radius 2 is 2.24 bits per heavy atom. The van der Waals surface area contributed by atoms with Crippen LogP contribution in [0.2, 0.25) is 0 Å². The van der Waals surface area contributed by atoms with Gasteiger partial charge < -0.3 is 5.32 Å². The van der Waals surface area contributed by atoms with Gasteiger partial charge in [0.25, 0.3) is 0 Å². The number of rotatable bonds is 5. The molecule has 0 bridgehead atoms. The Morgan fingerprint density at radius 3 is 2.94 bits per heavy atom. The molecule has 1 heterocycles. The lowest BCUT2D eigenvalue weighted by atomic mass is 10.1. The zero-order chi connectivity index (χ0) is 12.1. The van der Waals surface area contributed by atoms with Crippen LogP contribution in [0.5, 0.6) is 0 Å². The van der Waals surface area contributed by atoms with Gasteiger partial charge in [-0.3, -0.25) is 0 Å². The molecular weight excluding hydrogens is 210 g/mol. The minimum absolute atomic E-state index is 0.698. The molecule has 0 radical (unpaired) electrons. The molecule has 1 aromatic heterocycles. The van der Waals surface area contributed by atoms with Crippen molar-refractivity contribution in [1.29, 1.82) is 0 Å². The monoisotopic (exact) mass is 229 g/mol. The van der Waals surface area contributed by atoms with Crippen LogP contribution in [-0.2, 0) is 0 Å². The summed E-state index contributed by atoms with van der Waals surface area (Å²) in [7, 11) is 0. The number of hydrogen-bond acceptors (Lipinski definition) is 2. The van der Waals surface area contributed by atoms with Gasteiger partial charge in [0.15, 0.2) is 0 Å². The lowest BCUT2D eigenvalue weighted by molar-refractivity contribution is 0.593. The molecule has 0 saturated heterocycles. The van der Waals surface area contributed by atoms with E-state index >= 15 is 0 Å². The van der Waals surface area contributed by atoms with Crippen molar-refractivity contribution in [2.45, 2.75) is 20.3 Å². The van der Waals surface area contributed by atoms with Gasteiger partial charge in [0.05, 0.1) is 5.69 Å². The first-order valence-corrected chi connectivity index (χ1v) is 6.13. The van der Waals surface area contributed by atoms with Gasteiger partial charge in [0.1, 0.15) is 0 Å². The van der Waals surface area contributed by atoms with Gasteiger partial charge in [0.2, 0.25) is 0 Å². The molecule has 0 fully saturated rings. The van der Waals surface area contributed by atoms with Crippen molar-refractivity contribution in [3.63, 3.8) is 0 Å². The smallest absolute Gasteiger partial charge is 0.0666 e. The first kappa shape index (κ1) is 11.7. The summed E-state index contributed by atoms with van der Waals surface area (Å²) in [5, 5.41) is 7.68. The molecule has 90 valence electrons. The lowest BCUT2D eigenvalue weighted by Gasteiger charge is -2.12. The third-order valence-electron chi connectivity index (χ3n) is 2.97. The molecule has 1 aromatic carbocycles. The zero-order valence-electron chi connectivity index (χ0n) is 10.4.